The predicted octanol–water partition coefficient (Wildman–Crippen LogP) is -1.39. The van der Waals surface area contributed by atoms with Crippen LogP contribution in [-0.4, -0.2) is 46.3 Å². The second-order valence-electron chi connectivity index (χ2n) is 2.26. The lowest BCUT2D eigenvalue weighted by Crippen LogP contribution is -2.36. The average Bonchev–Trinajstić information content (AvgIpc) is 1.84. The molecular weight excluding hydrogens is 184 g/mol. The SMILES string of the molecule is CNCC(CNC)OS(=O)(=O)O. The van der Waals surface area contributed by atoms with Crippen molar-refractivity contribution in [1.82, 2.24) is 10.6 Å². The molecule has 0 bridgehead atoms. The number of rotatable bonds is 6. The minimum Gasteiger partial charge on any atom is -0.317 e. The molecule has 0 radical (unpaired) electrons. The maximum atomic E-state index is 10.3. The number of nitrogens with one attached hydrogen (secondary N) is 2. The Hall–Kier alpha value is -0.210. The van der Waals surface area contributed by atoms with Gasteiger partial charge in [-0.3, -0.25) is 4.55 Å². The monoisotopic (exact) mass is 198 g/mol. The third-order valence-electron chi connectivity index (χ3n) is 1.12. The van der Waals surface area contributed by atoms with Gasteiger partial charge in [0, 0.05) is 13.1 Å². The zero-order chi connectivity index (χ0) is 9.61. The fourth-order valence-electron chi connectivity index (χ4n) is 0.768. The zero-order valence-electron chi connectivity index (χ0n) is 7.07. The highest BCUT2D eigenvalue weighted by Gasteiger charge is 2.14. The first kappa shape index (κ1) is 11.8. The Labute approximate surface area is 72.2 Å². The summed E-state index contributed by atoms with van der Waals surface area (Å²) >= 11 is 0. The summed E-state index contributed by atoms with van der Waals surface area (Å²) in [7, 11) is -1.02. The van der Waals surface area contributed by atoms with Gasteiger partial charge in [-0.1, -0.05) is 0 Å². The standard InChI is InChI=1S/C5H14N2O4S/c1-6-3-5(4-7-2)11-12(8,9)10/h5-7H,3-4H2,1-2H3,(H,8,9,10). The molecule has 0 spiro atoms. The second-order valence-corrected chi connectivity index (χ2v) is 3.31. The molecule has 3 N–H and O–H groups in total. The van der Waals surface area contributed by atoms with E-state index in [1.54, 1.807) is 14.1 Å². The molecule has 0 aliphatic rings. The molecule has 0 aromatic rings. The summed E-state index contributed by atoms with van der Waals surface area (Å²) in [5.74, 6) is 0. The highest BCUT2D eigenvalue weighted by atomic mass is 32.3. The van der Waals surface area contributed by atoms with E-state index in [0.717, 1.165) is 0 Å². The Balaban J connectivity index is 3.95. The maximum absolute atomic E-state index is 10.3. The maximum Gasteiger partial charge on any atom is 0.397 e. The Morgan fingerprint density at radius 3 is 2.00 bits per heavy atom. The number of likely N-dealkylation sites (N-methyl/N-ethyl adjacent to an activating group) is 2. The van der Waals surface area contributed by atoms with E-state index >= 15 is 0 Å². The smallest absolute Gasteiger partial charge is 0.317 e. The van der Waals surface area contributed by atoms with E-state index in [-0.39, 0.29) is 0 Å². The van der Waals surface area contributed by atoms with E-state index in [0.29, 0.717) is 13.1 Å². The summed E-state index contributed by atoms with van der Waals surface area (Å²) in [6, 6.07) is 0. The fourth-order valence-corrected chi connectivity index (χ4v) is 1.25. The highest BCUT2D eigenvalue weighted by molar-refractivity contribution is 7.80. The van der Waals surface area contributed by atoms with Gasteiger partial charge in [0.1, 0.15) is 6.10 Å². The molecule has 0 amide bonds. The van der Waals surface area contributed by atoms with Crippen molar-refractivity contribution in [3.63, 3.8) is 0 Å². The van der Waals surface area contributed by atoms with E-state index in [1.165, 1.54) is 0 Å². The van der Waals surface area contributed by atoms with E-state index in [4.69, 9.17) is 4.55 Å². The van der Waals surface area contributed by atoms with Crippen LogP contribution in [-0.2, 0) is 14.6 Å². The van der Waals surface area contributed by atoms with Gasteiger partial charge in [0.25, 0.3) is 0 Å². The van der Waals surface area contributed by atoms with Crippen molar-refractivity contribution in [3.05, 3.63) is 0 Å². The van der Waals surface area contributed by atoms with Gasteiger partial charge in [0.2, 0.25) is 0 Å². The van der Waals surface area contributed by atoms with Gasteiger partial charge >= 0.3 is 10.4 Å². The summed E-state index contributed by atoms with van der Waals surface area (Å²) in [5, 5.41) is 5.47. The quantitative estimate of drug-likeness (QED) is 0.456. The lowest BCUT2D eigenvalue weighted by molar-refractivity contribution is 0.180. The molecule has 0 saturated carbocycles. The second kappa shape index (κ2) is 5.44. The Morgan fingerprint density at radius 1 is 1.33 bits per heavy atom. The number of hydrogen-bond acceptors (Lipinski definition) is 5. The third kappa shape index (κ3) is 6.50. The molecule has 0 aromatic heterocycles. The van der Waals surface area contributed by atoms with Gasteiger partial charge in [0.05, 0.1) is 0 Å². The Bertz CT molecular complexity index is 197. The molecule has 0 aromatic carbocycles. The van der Waals surface area contributed by atoms with Crippen LogP contribution < -0.4 is 10.6 Å². The van der Waals surface area contributed by atoms with Gasteiger partial charge in [-0.25, -0.2) is 4.18 Å². The van der Waals surface area contributed by atoms with Crippen molar-refractivity contribution >= 4 is 10.4 Å². The van der Waals surface area contributed by atoms with E-state index in [1.807, 2.05) is 0 Å². The Kier molecular flexibility index (Phi) is 5.34. The minimum atomic E-state index is -4.35. The summed E-state index contributed by atoms with van der Waals surface area (Å²) in [4.78, 5) is 0. The topological polar surface area (TPSA) is 87.7 Å². The normalized spacial score (nSPS) is 12.3. The predicted molar refractivity (Wildman–Crippen MR) is 44.3 cm³/mol. The van der Waals surface area contributed by atoms with Crippen LogP contribution in [0.25, 0.3) is 0 Å². The zero-order valence-corrected chi connectivity index (χ0v) is 7.89. The molecule has 74 valence electrons. The molecular formula is C5H14N2O4S. The molecule has 7 heteroatoms. The van der Waals surface area contributed by atoms with Gasteiger partial charge in [-0.05, 0) is 14.1 Å². The molecule has 0 aliphatic heterocycles. The summed E-state index contributed by atoms with van der Waals surface area (Å²) in [6.07, 6.45) is -0.588. The van der Waals surface area contributed by atoms with Crippen LogP contribution in [0.2, 0.25) is 0 Å². The molecule has 0 unspecified atom stereocenters. The molecule has 12 heavy (non-hydrogen) atoms. The van der Waals surface area contributed by atoms with E-state index in [2.05, 4.69) is 14.8 Å². The van der Waals surface area contributed by atoms with E-state index in [9.17, 15) is 8.42 Å². The lowest BCUT2D eigenvalue weighted by atomic mass is 10.3. The largest absolute Gasteiger partial charge is 0.397 e. The van der Waals surface area contributed by atoms with Crippen LogP contribution in [0.15, 0.2) is 0 Å². The molecule has 0 rings (SSSR count). The van der Waals surface area contributed by atoms with Crippen LogP contribution in [0.3, 0.4) is 0 Å². The molecule has 6 nitrogen and oxygen atoms in total. The summed E-state index contributed by atoms with van der Waals surface area (Å²) in [5.41, 5.74) is 0. The van der Waals surface area contributed by atoms with Gasteiger partial charge < -0.3 is 10.6 Å². The van der Waals surface area contributed by atoms with Crippen molar-refractivity contribution in [2.45, 2.75) is 6.10 Å². The minimum absolute atomic E-state index is 0.348. The van der Waals surface area contributed by atoms with Crippen LogP contribution in [0.1, 0.15) is 0 Å². The highest BCUT2D eigenvalue weighted by Crippen LogP contribution is 1.94. The van der Waals surface area contributed by atoms with Gasteiger partial charge in [-0.2, -0.15) is 8.42 Å². The van der Waals surface area contributed by atoms with Crippen molar-refractivity contribution in [2.24, 2.45) is 0 Å². The summed E-state index contributed by atoms with van der Waals surface area (Å²) < 4.78 is 33.2. The summed E-state index contributed by atoms with van der Waals surface area (Å²) in [6.45, 7) is 0.696. The first-order chi connectivity index (χ1) is 5.49. The molecule has 0 atom stereocenters. The van der Waals surface area contributed by atoms with Crippen molar-refractivity contribution in [3.8, 4) is 0 Å². The number of hydrogen-bond donors (Lipinski definition) is 3. The third-order valence-corrected chi connectivity index (χ3v) is 1.64. The van der Waals surface area contributed by atoms with Crippen LogP contribution >= 0.6 is 0 Å². The van der Waals surface area contributed by atoms with Crippen LogP contribution in [0.5, 0.6) is 0 Å². The average molecular weight is 198 g/mol. The van der Waals surface area contributed by atoms with Crippen molar-refractivity contribution in [1.29, 1.82) is 0 Å². The van der Waals surface area contributed by atoms with Gasteiger partial charge in [-0.15, -0.1) is 0 Å². The van der Waals surface area contributed by atoms with Crippen LogP contribution in [0.4, 0.5) is 0 Å². The molecule has 0 saturated heterocycles. The first-order valence-corrected chi connectivity index (χ1v) is 4.81. The molecule has 0 aliphatic carbocycles. The Morgan fingerprint density at radius 2 is 1.75 bits per heavy atom. The van der Waals surface area contributed by atoms with Crippen molar-refractivity contribution in [2.75, 3.05) is 27.2 Å². The van der Waals surface area contributed by atoms with Gasteiger partial charge in [0.15, 0.2) is 0 Å². The lowest BCUT2D eigenvalue weighted by Gasteiger charge is -2.13. The van der Waals surface area contributed by atoms with Crippen molar-refractivity contribution < 1.29 is 17.2 Å². The first-order valence-electron chi connectivity index (χ1n) is 3.44. The van der Waals surface area contributed by atoms with E-state index < -0.39 is 16.5 Å². The molecule has 0 fully saturated rings. The molecule has 0 heterocycles. The fraction of sp³-hybridized carbons (Fsp3) is 1.00. The van der Waals surface area contributed by atoms with Crippen LogP contribution in [0, 0.1) is 0 Å².